The van der Waals surface area contributed by atoms with Crippen LogP contribution in [0.5, 0.6) is 0 Å². The van der Waals surface area contributed by atoms with Gasteiger partial charge in [-0.25, -0.2) is 0 Å². The first-order valence-corrected chi connectivity index (χ1v) is 6.56. The molecule has 0 saturated carbocycles. The summed E-state index contributed by atoms with van der Waals surface area (Å²) >= 11 is 0.715. The van der Waals surface area contributed by atoms with E-state index in [4.69, 9.17) is 0 Å². The van der Waals surface area contributed by atoms with Gasteiger partial charge < -0.3 is 9.90 Å². The molecule has 0 spiro atoms. The van der Waals surface area contributed by atoms with Gasteiger partial charge in [-0.05, 0) is 23.4 Å². The number of allylic oxidation sites excluding steroid dienone is 2. The molecule has 1 aromatic rings. The molecule has 0 N–H and O–H groups in total. The number of imide groups is 1. The molecular weight excluding hydrogens is 301 g/mol. The first kappa shape index (κ1) is 17.7. The quantitative estimate of drug-likeness (QED) is 0.476. The summed E-state index contributed by atoms with van der Waals surface area (Å²) in [5, 5.41) is 9.85. The van der Waals surface area contributed by atoms with Gasteiger partial charge in [0, 0.05) is 0 Å². The number of carbonyl (C=O) groups is 3. The molecule has 21 heavy (non-hydrogen) atoms. The molecule has 0 unspecified atom stereocenters. The van der Waals surface area contributed by atoms with Gasteiger partial charge in [0.1, 0.15) is 0 Å². The van der Waals surface area contributed by atoms with E-state index >= 15 is 0 Å². The molecule has 1 saturated heterocycles. The molecule has 2 rings (SSSR count). The number of hydrogen-bond acceptors (Lipinski definition) is 5. The summed E-state index contributed by atoms with van der Waals surface area (Å²) in [6.45, 7) is -0.718. The molecular formula is C14H10NNaO4S. The predicted molar refractivity (Wildman–Crippen MR) is 73.3 cm³/mol. The van der Waals surface area contributed by atoms with Crippen molar-refractivity contribution >= 4 is 35.0 Å². The monoisotopic (exact) mass is 311 g/mol. The molecule has 1 fully saturated rings. The fourth-order valence-electron chi connectivity index (χ4n) is 1.59. The van der Waals surface area contributed by atoms with Crippen LogP contribution < -0.4 is 34.7 Å². The summed E-state index contributed by atoms with van der Waals surface area (Å²) < 4.78 is 0. The normalized spacial score (nSPS) is 16.6. The Balaban J connectivity index is 0.00000220. The zero-order valence-electron chi connectivity index (χ0n) is 11.3. The summed E-state index contributed by atoms with van der Waals surface area (Å²) in [7, 11) is 0. The molecule has 2 amide bonds. The van der Waals surface area contributed by atoms with Gasteiger partial charge in [0.15, 0.2) is 0 Å². The van der Waals surface area contributed by atoms with Gasteiger partial charge in [-0.2, -0.15) is 0 Å². The van der Waals surface area contributed by atoms with Crippen molar-refractivity contribution in [2.75, 3.05) is 6.54 Å². The summed E-state index contributed by atoms with van der Waals surface area (Å²) in [6.07, 6.45) is 4.92. The average molecular weight is 311 g/mol. The molecule has 1 aliphatic heterocycles. The van der Waals surface area contributed by atoms with Crippen molar-refractivity contribution in [2.45, 2.75) is 0 Å². The van der Waals surface area contributed by atoms with Crippen LogP contribution in [-0.2, 0) is 9.59 Å². The number of benzene rings is 1. The second kappa shape index (κ2) is 8.19. The molecule has 1 aromatic carbocycles. The van der Waals surface area contributed by atoms with Gasteiger partial charge in [0.25, 0.3) is 11.1 Å². The predicted octanol–water partition coefficient (Wildman–Crippen LogP) is -1.97. The summed E-state index contributed by atoms with van der Waals surface area (Å²) in [5.41, 5.74) is 0.956. The third-order valence-corrected chi connectivity index (χ3v) is 3.42. The molecule has 5 nitrogen and oxygen atoms in total. The van der Waals surface area contributed by atoms with Crippen molar-refractivity contribution in [2.24, 2.45) is 0 Å². The first-order chi connectivity index (χ1) is 9.58. The van der Waals surface area contributed by atoms with E-state index in [2.05, 4.69) is 0 Å². The maximum atomic E-state index is 11.8. The van der Waals surface area contributed by atoms with Crippen LogP contribution in [0.25, 0.3) is 6.08 Å². The van der Waals surface area contributed by atoms with Crippen LogP contribution in [0.1, 0.15) is 5.56 Å². The van der Waals surface area contributed by atoms with Crippen LogP contribution >= 0.6 is 11.8 Å². The van der Waals surface area contributed by atoms with Crippen molar-refractivity contribution in [3.05, 3.63) is 53.0 Å². The van der Waals surface area contributed by atoms with Crippen LogP contribution in [0, 0.1) is 0 Å². The molecule has 7 heteroatoms. The Labute approximate surface area is 148 Å². The fraction of sp³-hybridized carbons (Fsp3) is 0.0714. The zero-order chi connectivity index (χ0) is 14.5. The van der Waals surface area contributed by atoms with Crippen LogP contribution in [0.4, 0.5) is 4.79 Å². The van der Waals surface area contributed by atoms with E-state index in [1.54, 1.807) is 12.2 Å². The maximum absolute atomic E-state index is 11.8. The van der Waals surface area contributed by atoms with E-state index in [0.717, 1.165) is 5.56 Å². The Kier molecular flexibility index (Phi) is 6.91. The summed E-state index contributed by atoms with van der Waals surface area (Å²) in [4.78, 5) is 34.6. The van der Waals surface area contributed by atoms with E-state index in [0.29, 0.717) is 16.7 Å². The van der Waals surface area contributed by atoms with Crippen LogP contribution in [0.3, 0.4) is 0 Å². The van der Waals surface area contributed by atoms with E-state index in [1.165, 1.54) is 6.08 Å². The largest absolute Gasteiger partial charge is 1.00 e. The Bertz CT molecular complexity index is 613. The van der Waals surface area contributed by atoms with Crippen LogP contribution in [0.15, 0.2) is 47.4 Å². The Morgan fingerprint density at radius 2 is 1.90 bits per heavy atom. The number of amides is 2. The molecule has 102 valence electrons. The topological polar surface area (TPSA) is 77.5 Å². The number of aliphatic carboxylic acids is 1. The number of hydrogen-bond donors (Lipinski definition) is 0. The zero-order valence-corrected chi connectivity index (χ0v) is 14.1. The van der Waals surface area contributed by atoms with Crippen molar-refractivity contribution in [3.8, 4) is 0 Å². The van der Waals surface area contributed by atoms with Gasteiger partial charge in [-0.3, -0.25) is 14.5 Å². The van der Waals surface area contributed by atoms with E-state index in [1.807, 2.05) is 30.3 Å². The minimum Gasteiger partial charge on any atom is -0.548 e. The smallest absolute Gasteiger partial charge is 0.548 e. The van der Waals surface area contributed by atoms with Crippen molar-refractivity contribution in [1.82, 2.24) is 4.90 Å². The van der Waals surface area contributed by atoms with Crippen LogP contribution in [0.2, 0.25) is 0 Å². The molecule has 0 atom stereocenters. The average Bonchev–Trinajstić information content (AvgIpc) is 2.67. The second-order valence-corrected chi connectivity index (χ2v) is 4.93. The minimum atomic E-state index is -1.46. The number of rotatable bonds is 4. The number of nitrogens with zero attached hydrogens (tertiary/aromatic N) is 1. The third kappa shape index (κ3) is 4.86. The molecule has 1 aliphatic rings. The number of thioether (sulfide) groups is 1. The van der Waals surface area contributed by atoms with Crippen molar-refractivity contribution in [1.29, 1.82) is 0 Å². The van der Waals surface area contributed by atoms with E-state index in [9.17, 15) is 19.5 Å². The third-order valence-electron chi connectivity index (χ3n) is 2.50. The number of carboxylic acids is 1. The van der Waals surface area contributed by atoms with Gasteiger partial charge in [0.2, 0.25) is 0 Å². The van der Waals surface area contributed by atoms with E-state index in [-0.39, 0.29) is 34.5 Å². The van der Waals surface area contributed by atoms with Gasteiger partial charge in [-0.1, -0.05) is 42.5 Å². The molecule has 1 heterocycles. The number of carboxylic acid groups (broad SMARTS) is 1. The Morgan fingerprint density at radius 3 is 2.52 bits per heavy atom. The summed E-state index contributed by atoms with van der Waals surface area (Å²) in [5.74, 6) is -2.07. The van der Waals surface area contributed by atoms with Crippen LogP contribution in [-0.4, -0.2) is 28.6 Å². The summed E-state index contributed by atoms with van der Waals surface area (Å²) in [6, 6.07) is 9.45. The van der Waals surface area contributed by atoms with E-state index < -0.39 is 23.7 Å². The molecule has 0 aliphatic carbocycles. The molecule has 0 aromatic heterocycles. The fourth-order valence-corrected chi connectivity index (χ4v) is 2.38. The van der Waals surface area contributed by atoms with Crippen molar-refractivity contribution < 1.29 is 49.0 Å². The van der Waals surface area contributed by atoms with Gasteiger partial charge >= 0.3 is 29.6 Å². The minimum absolute atomic E-state index is 0. The SMILES string of the molecule is O=C([O-])CN1C(=O)S/C(=C\C=C\c2ccccc2)C1=O.[Na+]. The molecule has 0 radical (unpaired) electrons. The standard InChI is InChI=1S/C14H11NO4S.Na/c16-12(17)9-15-13(18)11(20-14(15)19)8-4-7-10-5-2-1-3-6-10;/h1-8H,9H2,(H,16,17);/q;+1/p-1/b7-4+,11-8-;. The number of carbonyl (C=O) groups excluding carboxylic acids is 3. The maximum Gasteiger partial charge on any atom is 1.00 e. The van der Waals surface area contributed by atoms with Gasteiger partial charge in [-0.15, -0.1) is 0 Å². The van der Waals surface area contributed by atoms with Gasteiger partial charge in [0.05, 0.1) is 17.4 Å². The molecule has 0 bridgehead atoms. The second-order valence-electron chi connectivity index (χ2n) is 3.93. The van der Waals surface area contributed by atoms with Crippen molar-refractivity contribution in [3.63, 3.8) is 0 Å². The Hall–Kier alpha value is -1.34. The Morgan fingerprint density at radius 1 is 1.24 bits per heavy atom. The first-order valence-electron chi connectivity index (χ1n) is 5.75.